The zero-order valence-electron chi connectivity index (χ0n) is 10.6. The summed E-state index contributed by atoms with van der Waals surface area (Å²) in [6.07, 6.45) is 5.71. The van der Waals surface area contributed by atoms with Crippen molar-refractivity contribution in [3.63, 3.8) is 0 Å². The smallest absolute Gasteiger partial charge is 0.0596 e. The van der Waals surface area contributed by atoms with E-state index in [0.29, 0.717) is 23.7 Å². The number of rotatable bonds is 6. The molecule has 0 aliphatic heterocycles. The molecule has 0 saturated heterocycles. The topological polar surface area (TPSA) is 40.5 Å². The van der Waals surface area contributed by atoms with E-state index in [4.69, 9.17) is 5.11 Å². The molecule has 0 bridgehead atoms. The van der Waals surface area contributed by atoms with Crippen molar-refractivity contribution in [2.75, 3.05) is 6.61 Å². The van der Waals surface area contributed by atoms with Gasteiger partial charge in [-0.2, -0.15) is 0 Å². The first-order valence-electron chi connectivity index (χ1n) is 6.51. The van der Waals surface area contributed by atoms with Crippen molar-refractivity contribution >= 4 is 0 Å². The molecule has 0 spiro atoms. The van der Waals surface area contributed by atoms with Crippen LogP contribution in [0.5, 0.6) is 0 Å². The minimum Gasteiger partial charge on any atom is -0.396 e. The van der Waals surface area contributed by atoms with Gasteiger partial charge in [-0.25, -0.2) is 0 Å². The van der Waals surface area contributed by atoms with Gasteiger partial charge in [-0.05, 0) is 49.4 Å². The van der Waals surface area contributed by atoms with Gasteiger partial charge < -0.3 is 10.2 Å². The van der Waals surface area contributed by atoms with Gasteiger partial charge in [0.15, 0.2) is 0 Å². The number of aliphatic hydroxyl groups excluding tert-OH is 2. The van der Waals surface area contributed by atoms with Crippen LogP contribution in [0.2, 0.25) is 0 Å². The van der Waals surface area contributed by atoms with Crippen molar-refractivity contribution in [1.29, 1.82) is 0 Å². The molecule has 0 heterocycles. The molecule has 2 N–H and O–H groups in total. The van der Waals surface area contributed by atoms with Crippen LogP contribution in [-0.4, -0.2) is 22.9 Å². The van der Waals surface area contributed by atoms with E-state index < -0.39 is 0 Å². The van der Waals surface area contributed by atoms with Gasteiger partial charge >= 0.3 is 0 Å². The Labute approximate surface area is 99.4 Å². The lowest BCUT2D eigenvalue weighted by Gasteiger charge is -2.26. The summed E-state index contributed by atoms with van der Waals surface area (Å²) >= 11 is 0. The average Bonchev–Trinajstić information content (AvgIpc) is 2.54. The van der Waals surface area contributed by atoms with Crippen LogP contribution in [0.15, 0.2) is 12.7 Å². The molecule has 1 unspecified atom stereocenters. The Morgan fingerprint density at radius 2 is 2.19 bits per heavy atom. The van der Waals surface area contributed by atoms with Crippen LogP contribution in [0.1, 0.15) is 39.5 Å². The largest absolute Gasteiger partial charge is 0.396 e. The summed E-state index contributed by atoms with van der Waals surface area (Å²) in [5.74, 6) is 1.97. The molecule has 1 rings (SSSR count). The molecule has 1 aliphatic rings. The van der Waals surface area contributed by atoms with Crippen molar-refractivity contribution < 1.29 is 10.2 Å². The molecule has 0 aromatic rings. The Kier molecular flexibility index (Phi) is 5.50. The second-order valence-corrected chi connectivity index (χ2v) is 5.40. The Hall–Kier alpha value is -0.340. The minimum atomic E-state index is -0.177. The van der Waals surface area contributed by atoms with Crippen LogP contribution in [0.25, 0.3) is 0 Å². The molecule has 2 nitrogen and oxygen atoms in total. The first-order chi connectivity index (χ1) is 7.61. The lowest BCUT2D eigenvalue weighted by Crippen LogP contribution is -2.25. The SMILES string of the molecule is C=CC[C@H](C)[C@@H]1C[C@@H](C)[C@@H](O)C1CCCO. The monoisotopic (exact) mass is 226 g/mol. The fraction of sp³-hybridized carbons (Fsp3) is 0.857. The Morgan fingerprint density at radius 3 is 2.75 bits per heavy atom. The molecule has 5 atom stereocenters. The van der Waals surface area contributed by atoms with Gasteiger partial charge in [0.25, 0.3) is 0 Å². The fourth-order valence-electron chi connectivity index (χ4n) is 3.22. The third kappa shape index (κ3) is 3.08. The maximum Gasteiger partial charge on any atom is 0.0596 e. The molecular formula is C14H26O2. The van der Waals surface area contributed by atoms with E-state index in [0.717, 1.165) is 25.7 Å². The van der Waals surface area contributed by atoms with Crippen LogP contribution in [0.3, 0.4) is 0 Å². The van der Waals surface area contributed by atoms with E-state index in [2.05, 4.69) is 20.4 Å². The summed E-state index contributed by atoms with van der Waals surface area (Å²) in [5, 5.41) is 19.1. The number of hydrogen-bond acceptors (Lipinski definition) is 2. The van der Waals surface area contributed by atoms with E-state index in [1.807, 2.05) is 6.08 Å². The zero-order chi connectivity index (χ0) is 12.1. The summed E-state index contributed by atoms with van der Waals surface area (Å²) in [6, 6.07) is 0. The highest BCUT2D eigenvalue weighted by molar-refractivity contribution is 4.92. The van der Waals surface area contributed by atoms with Crippen LogP contribution >= 0.6 is 0 Å². The lowest BCUT2D eigenvalue weighted by atomic mass is 9.80. The van der Waals surface area contributed by atoms with Gasteiger partial charge in [-0.3, -0.25) is 0 Å². The second kappa shape index (κ2) is 6.41. The molecule has 1 saturated carbocycles. The number of hydrogen-bond donors (Lipinski definition) is 2. The van der Waals surface area contributed by atoms with Crippen molar-refractivity contribution in [2.24, 2.45) is 23.7 Å². The molecule has 94 valence electrons. The standard InChI is InChI=1S/C14H26O2/c1-4-6-10(2)13-9-11(3)14(16)12(13)7-5-8-15/h4,10-16H,1,5-9H2,2-3H3/t10-,11+,12?,13-,14+/m0/s1. The number of allylic oxidation sites excluding steroid dienone is 1. The summed E-state index contributed by atoms with van der Waals surface area (Å²) < 4.78 is 0. The Morgan fingerprint density at radius 1 is 1.50 bits per heavy atom. The maximum atomic E-state index is 10.2. The third-order valence-corrected chi connectivity index (χ3v) is 4.18. The molecule has 0 aromatic heterocycles. The molecule has 2 heteroatoms. The predicted molar refractivity (Wildman–Crippen MR) is 67.1 cm³/mol. The summed E-state index contributed by atoms with van der Waals surface area (Å²) in [7, 11) is 0. The predicted octanol–water partition coefficient (Wildman–Crippen LogP) is 2.60. The summed E-state index contributed by atoms with van der Waals surface area (Å²) in [6.45, 7) is 8.42. The third-order valence-electron chi connectivity index (χ3n) is 4.18. The van der Waals surface area contributed by atoms with Crippen molar-refractivity contribution in [3.8, 4) is 0 Å². The lowest BCUT2D eigenvalue weighted by molar-refractivity contribution is 0.0725. The highest BCUT2D eigenvalue weighted by Crippen LogP contribution is 2.43. The first kappa shape index (κ1) is 13.7. The molecule has 0 amide bonds. The van der Waals surface area contributed by atoms with Gasteiger partial charge in [0, 0.05) is 6.61 Å². The van der Waals surface area contributed by atoms with Crippen molar-refractivity contribution in [1.82, 2.24) is 0 Å². The van der Waals surface area contributed by atoms with Crippen LogP contribution in [0.4, 0.5) is 0 Å². The molecule has 1 aliphatic carbocycles. The Balaban J connectivity index is 2.61. The normalized spacial score (nSPS) is 36.2. The van der Waals surface area contributed by atoms with Gasteiger partial charge in [-0.1, -0.05) is 19.9 Å². The molecular weight excluding hydrogens is 200 g/mol. The van der Waals surface area contributed by atoms with E-state index in [-0.39, 0.29) is 12.7 Å². The first-order valence-corrected chi connectivity index (χ1v) is 6.51. The molecule has 16 heavy (non-hydrogen) atoms. The highest BCUT2D eigenvalue weighted by Gasteiger charge is 2.41. The molecule has 0 radical (unpaired) electrons. The van der Waals surface area contributed by atoms with E-state index in [9.17, 15) is 5.11 Å². The number of aliphatic hydroxyl groups is 2. The van der Waals surface area contributed by atoms with Crippen LogP contribution in [-0.2, 0) is 0 Å². The van der Waals surface area contributed by atoms with E-state index >= 15 is 0 Å². The maximum absolute atomic E-state index is 10.2. The van der Waals surface area contributed by atoms with Gasteiger partial charge in [-0.15, -0.1) is 6.58 Å². The van der Waals surface area contributed by atoms with E-state index in [1.54, 1.807) is 0 Å². The fourth-order valence-corrected chi connectivity index (χ4v) is 3.22. The highest BCUT2D eigenvalue weighted by atomic mass is 16.3. The van der Waals surface area contributed by atoms with Gasteiger partial charge in [0.1, 0.15) is 0 Å². The molecule has 1 fully saturated rings. The Bertz CT molecular complexity index is 215. The van der Waals surface area contributed by atoms with Gasteiger partial charge in [0.2, 0.25) is 0 Å². The summed E-state index contributed by atoms with van der Waals surface area (Å²) in [5.41, 5.74) is 0. The van der Waals surface area contributed by atoms with Crippen molar-refractivity contribution in [2.45, 2.75) is 45.6 Å². The van der Waals surface area contributed by atoms with Crippen LogP contribution < -0.4 is 0 Å². The minimum absolute atomic E-state index is 0.177. The second-order valence-electron chi connectivity index (χ2n) is 5.40. The summed E-state index contributed by atoms with van der Waals surface area (Å²) in [4.78, 5) is 0. The average molecular weight is 226 g/mol. The van der Waals surface area contributed by atoms with Gasteiger partial charge in [0.05, 0.1) is 6.10 Å². The van der Waals surface area contributed by atoms with Crippen LogP contribution in [0, 0.1) is 23.7 Å². The molecule has 0 aromatic carbocycles. The van der Waals surface area contributed by atoms with Crippen molar-refractivity contribution in [3.05, 3.63) is 12.7 Å². The van der Waals surface area contributed by atoms with E-state index in [1.165, 1.54) is 0 Å². The zero-order valence-corrected chi connectivity index (χ0v) is 10.6. The quantitative estimate of drug-likeness (QED) is 0.683.